The number of rotatable bonds is 2. The highest BCUT2D eigenvalue weighted by atomic mass is 16.6. The van der Waals surface area contributed by atoms with Crippen LogP contribution in [0.2, 0.25) is 0 Å². The van der Waals surface area contributed by atoms with Crippen LogP contribution in [-0.4, -0.2) is 19.8 Å². The SMILES string of the molecule is NC(c1cccc2c1OCC2)c1cccc2c1OCCO2. The van der Waals surface area contributed by atoms with Crippen LogP contribution in [0.25, 0.3) is 0 Å². The summed E-state index contributed by atoms with van der Waals surface area (Å²) in [6.07, 6.45) is 0.947. The zero-order valence-electron chi connectivity index (χ0n) is 11.7. The Morgan fingerprint density at radius 1 is 0.810 bits per heavy atom. The Bertz CT molecular complexity index is 684. The van der Waals surface area contributed by atoms with Gasteiger partial charge < -0.3 is 19.9 Å². The minimum Gasteiger partial charge on any atom is -0.493 e. The van der Waals surface area contributed by atoms with Crippen molar-refractivity contribution in [2.24, 2.45) is 5.73 Å². The van der Waals surface area contributed by atoms with E-state index in [0.717, 1.165) is 41.4 Å². The van der Waals surface area contributed by atoms with Gasteiger partial charge in [-0.15, -0.1) is 0 Å². The molecule has 0 fully saturated rings. The van der Waals surface area contributed by atoms with Gasteiger partial charge in [0.15, 0.2) is 11.5 Å². The molecule has 4 rings (SSSR count). The maximum absolute atomic E-state index is 6.50. The third kappa shape index (κ3) is 2.03. The van der Waals surface area contributed by atoms with E-state index in [1.807, 2.05) is 30.3 Å². The van der Waals surface area contributed by atoms with Gasteiger partial charge in [-0.05, 0) is 11.6 Å². The minimum absolute atomic E-state index is 0.283. The van der Waals surface area contributed by atoms with E-state index in [0.29, 0.717) is 13.2 Å². The van der Waals surface area contributed by atoms with Gasteiger partial charge in [-0.25, -0.2) is 0 Å². The molecule has 0 bridgehead atoms. The smallest absolute Gasteiger partial charge is 0.166 e. The van der Waals surface area contributed by atoms with Gasteiger partial charge in [0.1, 0.15) is 19.0 Å². The number of nitrogens with two attached hydrogens (primary N) is 1. The molecule has 0 spiro atoms. The lowest BCUT2D eigenvalue weighted by Crippen LogP contribution is -2.20. The summed E-state index contributed by atoms with van der Waals surface area (Å²) < 4.78 is 17.2. The molecule has 2 N–H and O–H groups in total. The van der Waals surface area contributed by atoms with Crippen molar-refractivity contribution in [1.82, 2.24) is 0 Å². The van der Waals surface area contributed by atoms with E-state index in [-0.39, 0.29) is 6.04 Å². The summed E-state index contributed by atoms with van der Waals surface area (Å²) in [6.45, 7) is 1.86. The van der Waals surface area contributed by atoms with Crippen molar-refractivity contribution in [3.63, 3.8) is 0 Å². The molecule has 2 heterocycles. The molecule has 0 amide bonds. The Labute approximate surface area is 123 Å². The first-order valence-electron chi connectivity index (χ1n) is 7.23. The normalized spacial score (nSPS) is 17.0. The molecule has 0 saturated carbocycles. The predicted octanol–water partition coefficient (Wildman–Crippen LogP) is 2.44. The lowest BCUT2D eigenvalue weighted by molar-refractivity contribution is 0.169. The van der Waals surface area contributed by atoms with Crippen LogP contribution < -0.4 is 19.9 Å². The van der Waals surface area contributed by atoms with Crippen LogP contribution in [-0.2, 0) is 6.42 Å². The average molecular weight is 283 g/mol. The zero-order chi connectivity index (χ0) is 14.2. The number of fused-ring (bicyclic) bond motifs is 2. The summed E-state index contributed by atoms with van der Waals surface area (Å²) in [5, 5.41) is 0. The fraction of sp³-hybridized carbons (Fsp3) is 0.294. The molecular weight excluding hydrogens is 266 g/mol. The summed E-state index contributed by atoms with van der Waals surface area (Å²) in [7, 11) is 0. The molecule has 0 saturated heterocycles. The van der Waals surface area contributed by atoms with Crippen LogP contribution in [0.4, 0.5) is 0 Å². The van der Waals surface area contributed by atoms with E-state index < -0.39 is 0 Å². The molecule has 0 aromatic heterocycles. The molecule has 2 aliphatic heterocycles. The fourth-order valence-corrected chi connectivity index (χ4v) is 2.99. The van der Waals surface area contributed by atoms with Gasteiger partial charge in [-0.2, -0.15) is 0 Å². The summed E-state index contributed by atoms with van der Waals surface area (Å²) >= 11 is 0. The van der Waals surface area contributed by atoms with Gasteiger partial charge in [0.2, 0.25) is 0 Å². The van der Waals surface area contributed by atoms with Gasteiger partial charge in [0.25, 0.3) is 0 Å². The second kappa shape index (κ2) is 4.97. The third-order valence-electron chi connectivity index (χ3n) is 4.01. The lowest BCUT2D eigenvalue weighted by atomic mass is 9.95. The Kier molecular flexibility index (Phi) is 2.97. The first kappa shape index (κ1) is 12.5. The van der Waals surface area contributed by atoms with Gasteiger partial charge in [0.05, 0.1) is 12.6 Å². The Hall–Kier alpha value is -2.20. The first-order chi connectivity index (χ1) is 10.3. The Balaban J connectivity index is 1.79. The Morgan fingerprint density at radius 2 is 1.52 bits per heavy atom. The molecule has 2 aromatic rings. The second-order valence-electron chi connectivity index (χ2n) is 5.28. The van der Waals surface area contributed by atoms with E-state index in [2.05, 4.69) is 6.07 Å². The summed E-state index contributed by atoms with van der Waals surface area (Å²) in [5.74, 6) is 2.45. The highest BCUT2D eigenvalue weighted by molar-refractivity contribution is 5.55. The van der Waals surface area contributed by atoms with Gasteiger partial charge in [-0.3, -0.25) is 0 Å². The van der Waals surface area contributed by atoms with Crippen molar-refractivity contribution >= 4 is 0 Å². The molecule has 4 heteroatoms. The van der Waals surface area contributed by atoms with Crippen molar-refractivity contribution in [2.75, 3.05) is 19.8 Å². The largest absolute Gasteiger partial charge is 0.493 e. The monoisotopic (exact) mass is 283 g/mol. The van der Waals surface area contributed by atoms with E-state index in [1.54, 1.807) is 0 Å². The van der Waals surface area contributed by atoms with Gasteiger partial charge in [0, 0.05) is 17.5 Å². The number of benzene rings is 2. The number of hydrogen-bond acceptors (Lipinski definition) is 4. The van der Waals surface area contributed by atoms with E-state index in [1.165, 1.54) is 5.56 Å². The highest BCUT2D eigenvalue weighted by Gasteiger charge is 2.25. The molecule has 1 unspecified atom stereocenters. The topological polar surface area (TPSA) is 53.7 Å². The molecule has 0 aliphatic carbocycles. The van der Waals surface area contributed by atoms with Crippen LogP contribution in [0.15, 0.2) is 36.4 Å². The molecular formula is C17H17NO3. The van der Waals surface area contributed by atoms with E-state index >= 15 is 0 Å². The first-order valence-corrected chi connectivity index (χ1v) is 7.23. The van der Waals surface area contributed by atoms with Crippen molar-refractivity contribution in [3.05, 3.63) is 53.1 Å². The number of hydrogen-bond donors (Lipinski definition) is 1. The van der Waals surface area contributed by atoms with E-state index in [9.17, 15) is 0 Å². The van der Waals surface area contributed by atoms with Crippen molar-refractivity contribution in [1.29, 1.82) is 0 Å². The minimum atomic E-state index is -0.283. The molecule has 2 aliphatic rings. The van der Waals surface area contributed by atoms with Crippen LogP contribution in [0.5, 0.6) is 17.2 Å². The van der Waals surface area contributed by atoms with Gasteiger partial charge >= 0.3 is 0 Å². The third-order valence-corrected chi connectivity index (χ3v) is 4.01. The quantitative estimate of drug-likeness (QED) is 0.919. The molecule has 4 nitrogen and oxygen atoms in total. The maximum Gasteiger partial charge on any atom is 0.166 e. The molecule has 108 valence electrons. The van der Waals surface area contributed by atoms with Gasteiger partial charge in [-0.1, -0.05) is 30.3 Å². The zero-order valence-corrected chi connectivity index (χ0v) is 11.7. The second-order valence-corrected chi connectivity index (χ2v) is 5.28. The van der Waals surface area contributed by atoms with Crippen LogP contribution in [0.3, 0.4) is 0 Å². The lowest BCUT2D eigenvalue weighted by Gasteiger charge is -2.24. The molecule has 21 heavy (non-hydrogen) atoms. The predicted molar refractivity (Wildman–Crippen MR) is 79.1 cm³/mol. The van der Waals surface area contributed by atoms with Crippen LogP contribution in [0.1, 0.15) is 22.7 Å². The summed E-state index contributed by atoms with van der Waals surface area (Å²) in [6, 6.07) is 11.7. The average Bonchev–Trinajstić information content (AvgIpc) is 3.02. The van der Waals surface area contributed by atoms with Crippen LogP contribution >= 0.6 is 0 Å². The van der Waals surface area contributed by atoms with Crippen molar-refractivity contribution in [3.8, 4) is 17.2 Å². The van der Waals surface area contributed by atoms with Crippen molar-refractivity contribution < 1.29 is 14.2 Å². The summed E-state index contributed by atoms with van der Waals surface area (Å²) in [5.41, 5.74) is 9.67. The molecule has 1 atom stereocenters. The van der Waals surface area contributed by atoms with Crippen LogP contribution in [0, 0.1) is 0 Å². The highest BCUT2D eigenvalue weighted by Crippen LogP contribution is 2.41. The Morgan fingerprint density at radius 3 is 2.43 bits per heavy atom. The fourth-order valence-electron chi connectivity index (χ4n) is 2.99. The molecule has 2 aromatic carbocycles. The standard InChI is InChI=1S/C17H17NO3/c18-15(12-4-1-3-11-7-8-20-16(11)12)13-5-2-6-14-17(13)21-10-9-19-14/h1-6,15H,7-10,18H2. The number of ether oxygens (including phenoxy) is 3. The molecule has 0 radical (unpaired) electrons. The van der Waals surface area contributed by atoms with E-state index in [4.69, 9.17) is 19.9 Å². The summed E-state index contributed by atoms with van der Waals surface area (Å²) in [4.78, 5) is 0. The number of para-hydroxylation sites is 2. The maximum atomic E-state index is 6.50. The van der Waals surface area contributed by atoms with Crippen molar-refractivity contribution in [2.45, 2.75) is 12.5 Å².